The molecule has 0 aliphatic carbocycles. The summed E-state index contributed by atoms with van der Waals surface area (Å²) in [6.07, 6.45) is 0. The lowest BCUT2D eigenvalue weighted by molar-refractivity contribution is 0.289. The summed E-state index contributed by atoms with van der Waals surface area (Å²) in [6.45, 7) is 0. The zero-order chi connectivity index (χ0) is 18.6. The van der Waals surface area contributed by atoms with Crippen LogP contribution in [0.15, 0.2) is 91.0 Å². The molecule has 3 N–H and O–H groups in total. The lowest BCUT2D eigenvalue weighted by Gasteiger charge is -2.13. The predicted molar refractivity (Wildman–Crippen MR) is 110 cm³/mol. The Bertz CT molecular complexity index is 1060. The Morgan fingerprint density at radius 3 is 2.11 bits per heavy atom. The van der Waals surface area contributed by atoms with E-state index in [0.717, 1.165) is 16.8 Å². The van der Waals surface area contributed by atoms with Gasteiger partial charge in [0.25, 0.3) is 0 Å². The summed E-state index contributed by atoms with van der Waals surface area (Å²) in [7, 11) is -1.86. The summed E-state index contributed by atoms with van der Waals surface area (Å²) in [6, 6.07) is 29.9. The fraction of sp³-hybridized carbons (Fsp3) is 0. The SMILES string of the molecule is OB(O)Oc1ccccc1Nc1ccc(-c2ccc3ccccc3c2)cc1. The number of para-hydroxylation sites is 2. The van der Waals surface area contributed by atoms with E-state index in [1.807, 2.05) is 36.4 Å². The Hall–Kier alpha value is -3.28. The van der Waals surface area contributed by atoms with Gasteiger partial charge >= 0.3 is 7.32 Å². The van der Waals surface area contributed by atoms with Crippen molar-refractivity contribution in [2.45, 2.75) is 0 Å². The van der Waals surface area contributed by atoms with Crippen molar-refractivity contribution in [3.05, 3.63) is 91.0 Å². The number of fused-ring (bicyclic) bond motifs is 1. The summed E-state index contributed by atoms with van der Waals surface area (Å²) in [5.74, 6) is 0.367. The van der Waals surface area contributed by atoms with Gasteiger partial charge in [0.2, 0.25) is 0 Å². The van der Waals surface area contributed by atoms with Crippen LogP contribution in [0.3, 0.4) is 0 Å². The standard InChI is InChI=1S/C22H18BNO3/c25-23(26)27-22-8-4-3-7-21(22)24-20-13-11-17(12-14-20)19-10-9-16-5-1-2-6-18(16)15-19/h1-15,24-26H. The first-order valence-corrected chi connectivity index (χ1v) is 8.67. The van der Waals surface area contributed by atoms with Gasteiger partial charge in [0.1, 0.15) is 5.75 Å². The van der Waals surface area contributed by atoms with Crippen LogP contribution in [0.4, 0.5) is 11.4 Å². The number of anilines is 2. The third-order valence-electron chi connectivity index (χ3n) is 4.37. The molecule has 0 unspecified atom stereocenters. The molecule has 0 saturated heterocycles. The molecule has 0 aliphatic heterocycles. The van der Waals surface area contributed by atoms with Gasteiger partial charge in [-0.15, -0.1) is 0 Å². The first-order chi connectivity index (χ1) is 13.2. The van der Waals surface area contributed by atoms with Crippen LogP contribution in [0.5, 0.6) is 5.75 Å². The molecule has 0 bridgehead atoms. The lowest BCUT2D eigenvalue weighted by Crippen LogP contribution is -2.21. The molecular formula is C22H18BNO3. The molecule has 5 heteroatoms. The Labute approximate surface area is 157 Å². The molecule has 0 spiro atoms. The molecule has 0 radical (unpaired) electrons. The van der Waals surface area contributed by atoms with Crippen LogP contribution in [0.1, 0.15) is 0 Å². The Balaban J connectivity index is 1.57. The predicted octanol–water partition coefficient (Wildman–Crippen LogP) is 4.60. The van der Waals surface area contributed by atoms with Crippen molar-refractivity contribution < 1.29 is 14.7 Å². The third-order valence-corrected chi connectivity index (χ3v) is 4.37. The minimum atomic E-state index is -1.86. The zero-order valence-electron chi connectivity index (χ0n) is 14.5. The van der Waals surface area contributed by atoms with E-state index in [4.69, 9.17) is 14.7 Å². The zero-order valence-corrected chi connectivity index (χ0v) is 14.5. The highest BCUT2D eigenvalue weighted by Gasteiger charge is 2.14. The van der Waals surface area contributed by atoms with Crippen molar-refractivity contribution in [2.75, 3.05) is 5.32 Å². The maximum absolute atomic E-state index is 9.04. The average molecular weight is 355 g/mol. The molecular weight excluding hydrogens is 337 g/mol. The molecule has 0 aliphatic rings. The van der Waals surface area contributed by atoms with Gasteiger partial charge in [-0.2, -0.15) is 0 Å². The summed E-state index contributed by atoms with van der Waals surface area (Å²) in [4.78, 5) is 0. The van der Waals surface area contributed by atoms with E-state index in [2.05, 4.69) is 47.8 Å². The number of benzene rings is 4. The van der Waals surface area contributed by atoms with Gasteiger partial charge in [-0.3, -0.25) is 0 Å². The first kappa shape index (κ1) is 17.2. The Kier molecular flexibility index (Phi) is 4.79. The van der Waals surface area contributed by atoms with Gasteiger partial charge in [-0.1, -0.05) is 60.7 Å². The minimum absolute atomic E-state index is 0.367. The molecule has 4 aromatic carbocycles. The second-order valence-corrected chi connectivity index (χ2v) is 6.20. The number of nitrogens with one attached hydrogen (secondary N) is 1. The fourth-order valence-electron chi connectivity index (χ4n) is 3.06. The van der Waals surface area contributed by atoms with Crippen molar-refractivity contribution in [3.63, 3.8) is 0 Å². The van der Waals surface area contributed by atoms with E-state index in [9.17, 15) is 0 Å². The summed E-state index contributed by atoms with van der Waals surface area (Å²) < 4.78 is 5.00. The van der Waals surface area contributed by atoms with Crippen LogP contribution in [0.2, 0.25) is 0 Å². The number of hydrogen-bond acceptors (Lipinski definition) is 4. The average Bonchev–Trinajstić information content (AvgIpc) is 2.69. The van der Waals surface area contributed by atoms with E-state index >= 15 is 0 Å². The van der Waals surface area contributed by atoms with E-state index in [1.165, 1.54) is 10.8 Å². The highest BCUT2D eigenvalue weighted by molar-refractivity contribution is 6.34. The van der Waals surface area contributed by atoms with Gasteiger partial charge in [-0.25, -0.2) is 0 Å². The molecule has 132 valence electrons. The maximum atomic E-state index is 9.04. The molecule has 4 aromatic rings. The van der Waals surface area contributed by atoms with E-state index in [1.54, 1.807) is 12.1 Å². The molecule has 27 heavy (non-hydrogen) atoms. The third kappa shape index (κ3) is 3.95. The summed E-state index contributed by atoms with van der Waals surface area (Å²) in [5.41, 5.74) is 3.82. The van der Waals surface area contributed by atoms with E-state index < -0.39 is 7.32 Å². The molecule has 0 aromatic heterocycles. The van der Waals surface area contributed by atoms with Crippen LogP contribution >= 0.6 is 0 Å². The molecule has 0 saturated carbocycles. The van der Waals surface area contributed by atoms with Crippen LogP contribution in [0.25, 0.3) is 21.9 Å². The maximum Gasteiger partial charge on any atom is 0.707 e. The molecule has 0 atom stereocenters. The topological polar surface area (TPSA) is 61.7 Å². The molecule has 4 rings (SSSR count). The first-order valence-electron chi connectivity index (χ1n) is 8.67. The van der Waals surface area contributed by atoms with Gasteiger partial charge in [0, 0.05) is 5.69 Å². The molecule has 0 fully saturated rings. The second-order valence-electron chi connectivity index (χ2n) is 6.20. The van der Waals surface area contributed by atoms with Crippen LogP contribution in [-0.2, 0) is 0 Å². The van der Waals surface area contributed by atoms with E-state index in [0.29, 0.717) is 11.4 Å². The second kappa shape index (κ2) is 7.54. The highest BCUT2D eigenvalue weighted by Crippen LogP contribution is 2.30. The lowest BCUT2D eigenvalue weighted by atomic mass is 10.0. The van der Waals surface area contributed by atoms with Crippen molar-refractivity contribution in [3.8, 4) is 16.9 Å². The number of rotatable bonds is 5. The quantitative estimate of drug-likeness (QED) is 0.458. The van der Waals surface area contributed by atoms with E-state index in [-0.39, 0.29) is 0 Å². The smallest absolute Gasteiger partial charge is 0.510 e. The van der Waals surface area contributed by atoms with Crippen molar-refractivity contribution >= 4 is 29.5 Å². The van der Waals surface area contributed by atoms with Gasteiger partial charge < -0.3 is 20.0 Å². The minimum Gasteiger partial charge on any atom is -0.510 e. The van der Waals surface area contributed by atoms with Gasteiger partial charge in [0.15, 0.2) is 0 Å². The van der Waals surface area contributed by atoms with Crippen LogP contribution in [-0.4, -0.2) is 17.4 Å². The van der Waals surface area contributed by atoms with Gasteiger partial charge in [-0.05, 0) is 52.2 Å². The molecule has 0 heterocycles. The van der Waals surface area contributed by atoms with Crippen molar-refractivity contribution in [1.82, 2.24) is 0 Å². The number of hydrogen-bond donors (Lipinski definition) is 3. The Morgan fingerprint density at radius 2 is 1.33 bits per heavy atom. The van der Waals surface area contributed by atoms with Crippen molar-refractivity contribution in [1.29, 1.82) is 0 Å². The Morgan fingerprint density at radius 1 is 0.667 bits per heavy atom. The summed E-state index contributed by atoms with van der Waals surface area (Å²) in [5, 5.41) is 23.8. The normalized spacial score (nSPS) is 10.6. The molecule has 0 amide bonds. The highest BCUT2D eigenvalue weighted by atomic mass is 16.6. The largest absolute Gasteiger partial charge is 0.707 e. The van der Waals surface area contributed by atoms with Crippen LogP contribution in [0, 0.1) is 0 Å². The summed E-state index contributed by atoms with van der Waals surface area (Å²) >= 11 is 0. The van der Waals surface area contributed by atoms with Crippen LogP contribution < -0.4 is 9.97 Å². The fourth-order valence-corrected chi connectivity index (χ4v) is 3.06. The van der Waals surface area contributed by atoms with Crippen molar-refractivity contribution in [2.24, 2.45) is 0 Å². The van der Waals surface area contributed by atoms with Gasteiger partial charge in [0.05, 0.1) is 5.69 Å². The molecule has 4 nitrogen and oxygen atoms in total. The monoisotopic (exact) mass is 355 g/mol.